The molecule has 0 unspecified atom stereocenters. The van der Waals surface area contributed by atoms with Gasteiger partial charge < -0.3 is 5.73 Å². The van der Waals surface area contributed by atoms with E-state index in [9.17, 15) is 13.2 Å². The summed E-state index contributed by atoms with van der Waals surface area (Å²) in [6, 6.07) is 7.19. The monoisotopic (exact) mass is 280 g/mol. The summed E-state index contributed by atoms with van der Waals surface area (Å²) in [5.74, 6) is -0.790. The number of nitrogens with one attached hydrogen (secondary N) is 1. The first-order valence-electron chi connectivity index (χ1n) is 5.05. The highest BCUT2D eigenvalue weighted by molar-refractivity contribution is 7.90. The molecule has 0 saturated heterocycles. The molecule has 5 nitrogen and oxygen atoms in total. The van der Waals surface area contributed by atoms with Gasteiger partial charge in [-0.3, -0.25) is 9.52 Å². The van der Waals surface area contributed by atoms with E-state index in [0.717, 1.165) is 4.70 Å². The van der Waals surface area contributed by atoms with Crippen molar-refractivity contribution >= 4 is 43.4 Å². The lowest BCUT2D eigenvalue weighted by Crippen LogP contribution is -2.33. The van der Waals surface area contributed by atoms with Crippen LogP contribution < -0.4 is 10.5 Å². The summed E-state index contributed by atoms with van der Waals surface area (Å²) in [6.07, 6.45) is 1.48. The molecule has 2 heterocycles. The van der Waals surface area contributed by atoms with Crippen molar-refractivity contribution < 1.29 is 13.2 Å². The molecular weight excluding hydrogens is 272 g/mol. The number of fused-ring (bicyclic) bond motifs is 3. The lowest BCUT2D eigenvalue weighted by molar-refractivity contribution is -0.114. The Hall–Kier alpha value is -1.86. The van der Waals surface area contributed by atoms with Crippen molar-refractivity contribution in [1.82, 2.24) is 4.72 Å². The Morgan fingerprint density at radius 1 is 1.28 bits per heavy atom. The van der Waals surface area contributed by atoms with Gasteiger partial charge in [0.2, 0.25) is 0 Å². The number of carbonyl (C=O) groups is 1. The lowest BCUT2D eigenvalue weighted by atomic mass is 10.2. The van der Waals surface area contributed by atoms with E-state index in [1.165, 1.54) is 17.4 Å². The van der Waals surface area contributed by atoms with Crippen molar-refractivity contribution in [3.05, 3.63) is 34.8 Å². The van der Waals surface area contributed by atoms with Crippen LogP contribution in [0.1, 0.15) is 4.88 Å². The standard InChI is InChI=1S/C11H8N2O3S2/c12-11(14)7-5-9-10(18(15,16)13-7)6-3-1-2-4-8(6)17-9/h1-5,13H,(H2,12,14). The zero-order valence-corrected chi connectivity index (χ0v) is 10.6. The summed E-state index contributed by atoms with van der Waals surface area (Å²) < 4.78 is 27.3. The second kappa shape index (κ2) is 3.56. The van der Waals surface area contributed by atoms with Crippen molar-refractivity contribution in [2.45, 2.75) is 4.90 Å². The molecule has 0 spiro atoms. The molecule has 3 N–H and O–H groups in total. The van der Waals surface area contributed by atoms with Gasteiger partial charge in [-0.2, -0.15) is 0 Å². The molecule has 7 heteroatoms. The normalized spacial score (nSPS) is 16.8. The number of benzene rings is 1. The van der Waals surface area contributed by atoms with E-state index in [-0.39, 0.29) is 10.6 Å². The molecule has 2 aromatic rings. The van der Waals surface area contributed by atoms with Crippen LogP contribution in [0, 0.1) is 0 Å². The third kappa shape index (κ3) is 1.52. The second-order valence-corrected chi connectivity index (χ2v) is 6.52. The van der Waals surface area contributed by atoms with Gasteiger partial charge in [0.15, 0.2) is 0 Å². The SMILES string of the molecule is NC(=O)C1=Cc2sc3ccccc3c2S(=O)(=O)N1. The summed E-state index contributed by atoms with van der Waals surface area (Å²) >= 11 is 1.32. The molecule has 1 aromatic heterocycles. The fourth-order valence-electron chi connectivity index (χ4n) is 1.89. The van der Waals surface area contributed by atoms with Gasteiger partial charge in [-0.25, -0.2) is 8.42 Å². The van der Waals surface area contributed by atoms with Crippen LogP contribution in [0.2, 0.25) is 0 Å². The lowest BCUT2D eigenvalue weighted by Gasteiger charge is -2.14. The number of sulfonamides is 1. The first kappa shape index (κ1) is 11.2. The summed E-state index contributed by atoms with van der Waals surface area (Å²) in [5.41, 5.74) is 5.01. The minimum Gasteiger partial charge on any atom is -0.364 e. The van der Waals surface area contributed by atoms with Crippen molar-refractivity contribution in [3.8, 4) is 0 Å². The fourth-order valence-corrected chi connectivity index (χ4v) is 4.79. The summed E-state index contributed by atoms with van der Waals surface area (Å²) in [6.45, 7) is 0. The molecule has 0 bridgehead atoms. The maximum absolute atomic E-state index is 12.1. The average Bonchev–Trinajstić information content (AvgIpc) is 2.66. The number of hydrogen-bond donors (Lipinski definition) is 2. The highest BCUT2D eigenvalue weighted by atomic mass is 32.2. The molecule has 3 rings (SSSR count). The van der Waals surface area contributed by atoms with Crippen LogP contribution in [0.15, 0.2) is 34.9 Å². The summed E-state index contributed by atoms with van der Waals surface area (Å²) in [7, 11) is -3.73. The zero-order valence-electron chi connectivity index (χ0n) is 9.01. The minimum atomic E-state index is -3.73. The summed E-state index contributed by atoms with van der Waals surface area (Å²) in [4.78, 5) is 11.8. The van der Waals surface area contributed by atoms with E-state index in [2.05, 4.69) is 4.72 Å². The van der Waals surface area contributed by atoms with E-state index in [1.807, 2.05) is 12.1 Å². The van der Waals surface area contributed by atoms with Crippen LogP contribution in [0.5, 0.6) is 0 Å². The van der Waals surface area contributed by atoms with Gasteiger partial charge >= 0.3 is 0 Å². The van der Waals surface area contributed by atoms with Gasteiger partial charge in [-0.1, -0.05) is 18.2 Å². The van der Waals surface area contributed by atoms with Gasteiger partial charge in [0.25, 0.3) is 15.9 Å². The van der Waals surface area contributed by atoms with Crippen LogP contribution in [0.4, 0.5) is 0 Å². The van der Waals surface area contributed by atoms with E-state index in [4.69, 9.17) is 5.73 Å². The first-order valence-corrected chi connectivity index (χ1v) is 7.35. The average molecular weight is 280 g/mol. The predicted molar refractivity (Wildman–Crippen MR) is 69.3 cm³/mol. The highest BCUT2D eigenvalue weighted by Gasteiger charge is 2.29. The molecule has 1 aliphatic rings. The number of thiophene rings is 1. The molecule has 18 heavy (non-hydrogen) atoms. The molecule has 0 radical (unpaired) electrons. The Bertz CT molecular complexity index is 803. The first-order chi connectivity index (χ1) is 8.49. The topological polar surface area (TPSA) is 89.3 Å². The zero-order chi connectivity index (χ0) is 12.9. The fraction of sp³-hybridized carbons (Fsp3) is 0. The molecule has 0 fully saturated rings. The quantitative estimate of drug-likeness (QED) is 0.817. The van der Waals surface area contributed by atoms with Gasteiger partial charge in [-0.15, -0.1) is 11.3 Å². The van der Waals surface area contributed by atoms with Crippen LogP contribution in [-0.4, -0.2) is 14.3 Å². The number of nitrogens with two attached hydrogens (primary N) is 1. The maximum Gasteiger partial charge on any atom is 0.265 e. The van der Waals surface area contributed by atoms with E-state index < -0.39 is 15.9 Å². The van der Waals surface area contributed by atoms with Crippen molar-refractivity contribution in [1.29, 1.82) is 0 Å². The molecular formula is C11H8N2O3S2. The Kier molecular flexibility index (Phi) is 2.23. The molecule has 0 aliphatic carbocycles. The Labute approximate surface area is 107 Å². The number of amides is 1. The molecule has 0 atom stereocenters. The largest absolute Gasteiger partial charge is 0.364 e. The molecule has 0 saturated carbocycles. The van der Waals surface area contributed by atoms with Gasteiger partial charge in [0, 0.05) is 10.1 Å². The smallest absolute Gasteiger partial charge is 0.265 e. The third-order valence-electron chi connectivity index (χ3n) is 2.63. The molecule has 92 valence electrons. The highest BCUT2D eigenvalue weighted by Crippen LogP contribution is 2.38. The Morgan fingerprint density at radius 3 is 2.72 bits per heavy atom. The number of primary amides is 1. The molecule has 1 aromatic carbocycles. The second-order valence-electron chi connectivity index (χ2n) is 3.82. The Balaban J connectivity index is 2.41. The van der Waals surface area contributed by atoms with E-state index in [0.29, 0.717) is 10.3 Å². The van der Waals surface area contributed by atoms with E-state index in [1.54, 1.807) is 12.1 Å². The third-order valence-corrected chi connectivity index (χ3v) is 5.34. The molecule has 1 amide bonds. The van der Waals surface area contributed by atoms with Gasteiger partial charge in [-0.05, 0) is 12.1 Å². The predicted octanol–water partition coefficient (Wildman–Crippen LogP) is 1.02. The van der Waals surface area contributed by atoms with Crippen LogP contribution in [-0.2, 0) is 14.8 Å². The minimum absolute atomic E-state index is 0.103. The summed E-state index contributed by atoms with van der Waals surface area (Å²) in [5, 5.41) is 0.657. The van der Waals surface area contributed by atoms with Crippen molar-refractivity contribution in [3.63, 3.8) is 0 Å². The van der Waals surface area contributed by atoms with Crippen molar-refractivity contribution in [2.75, 3.05) is 0 Å². The van der Waals surface area contributed by atoms with Crippen LogP contribution in [0.3, 0.4) is 0 Å². The van der Waals surface area contributed by atoms with Gasteiger partial charge in [0.1, 0.15) is 10.6 Å². The van der Waals surface area contributed by atoms with Crippen molar-refractivity contribution in [2.24, 2.45) is 5.73 Å². The molecule has 1 aliphatic heterocycles. The Morgan fingerprint density at radius 2 is 2.00 bits per heavy atom. The number of rotatable bonds is 1. The van der Waals surface area contributed by atoms with Crippen LogP contribution in [0.25, 0.3) is 16.2 Å². The van der Waals surface area contributed by atoms with E-state index >= 15 is 0 Å². The number of hydrogen-bond acceptors (Lipinski definition) is 4. The maximum atomic E-state index is 12.1. The van der Waals surface area contributed by atoms with Crippen LogP contribution >= 0.6 is 11.3 Å². The number of carbonyl (C=O) groups excluding carboxylic acids is 1. The van der Waals surface area contributed by atoms with Gasteiger partial charge in [0.05, 0.1) is 4.88 Å².